The number of carbonyl (C=O) groups excluding carboxylic acids is 2. The Balaban J connectivity index is 1.69. The highest BCUT2D eigenvalue weighted by atomic mass is 35.5. The predicted octanol–water partition coefficient (Wildman–Crippen LogP) is 4.70. The van der Waals surface area contributed by atoms with Crippen molar-refractivity contribution in [2.24, 2.45) is 5.92 Å². The molecule has 136 valence electrons. The van der Waals surface area contributed by atoms with Gasteiger partial charge in [-0.2, -0.15) is 0 Å². The van der Waals surface area contributed by atoms with Crippen LogP contribution in [0.15, 0.2) is 48.5 Å². The van der Waals surface area contributed by atoms with E-state index < -0.39 is 6.09 Å². The SMILES string of the molecule is O=C(Nc1cc(Cl)ccc1C(=O)C1CCCOC1)OCc1ccccc1. The number of Topliss-reactive ketones (excluding diaryl/α,β-unsaturated/α-hetero) is 1. The van der Waals surface area contributed by atoms with Gasteiger partial charge in [0.25, 0.3) is 0 Å². The number of ether oxygens (including phenoxy) is 2. The fourth-order valence-electron chi connectivity index (χ4n) is 2.87. The van der Waals surface area contributed by atoms with E-state index in [1.54, 1.807) is 18.2 Å². The maximum atomic E-state index is 12.8. The van der Waals surface area contributed by atoms with Gasteiger partial charge in [0.05, 0.1) is 12.3 Å². The largest absolute Gasteiger partial charge is 0.444 e. The predicted molar refractivity (Wildman–Crippen MR) is 99.6 cm³/mol. The summed E-state index contributed by atoms with van der Waals surface area (Å²) >= 11 is 6.04. The molecule has 1 aliphatic rings. The third-order valence-corrected chi connectivity index (χ3v) is 4.46. The normalized spacial score (nSPS) is 16.7. The molecule has 6 heteroatoms. The summed E-state index contributed by atoms with van der Waals surface area (Å²) in [6.45, 7) is 1.23. The van der Waals surface area contributed by atoms with Gasteiger partial charge in [-0.25, -0.2) is 4.79 Å². The van der Waals surface area contributed by atoms with Gasteiger partial charge in [-0.05, 0) is 36.6 Å². The minimum atomic E-state index is -0.634. The topological polar surface area (TPSA) is 64.6 Å². The van der Waals surface area contributed by atoms with Crippen LogP contribution >= 0.6 is 11.6 Å². The van der Waals surface area contributed by atoms with Crippen LogP contribution in [0.25, 0.3) is 0 Å². The summed E-state index contributed by atoms with van der Waals surface area (Å²) in [6.07, 6.45) is 0.996. The number of carbonyl (C=O) groups is 2. The van der Waals surface area contributed by atoms with Gasteiger partial charge >= 0.3 is 6.09 Å². The molecular weight excluding hydrogens is 354 g/mol. The highest BCUT2D eigenvalue weighted by Gasteiger charge is 2.25. The van der Waals surface area contributed by atoms with Gasteiger partial charge < -0.3 is 9.47 Å². The average Bonchev–Trinajstić information content (AvgIpc) is 2.67. The molecule has 1 atom stereocenters. The van der Waals surface area contributed by atoms with Crippen molar-refractivity contribution < 1.29 is 19.1 Å². The number of ketones is 1. The number of amides is 1. The first-order valence-electron chi connectivity index (χ1n) is 8.52. The summed E-state index contributed by atoms with van der Waals surface area (Å²) in [4.78, 5) is 24.9. The van der Waals surface area contributed by atoms with Crippen LogP contribution in [-0.4, -0.2) is 25.1 Å². The fraction of sp³-hybridized carbons (Fsp3) is 0.300. The van der Waals surface area contributed by atoms with Crippen molar-refractivity contribution in [2.45, 2.75) is 19.4 Å². The van der Waals surface area contributed by atoms with E-state index in [0.29, 0.717) is 29.5 Å². The Labute approximate surface area is 157 Å². The minimum Gasteiger partial charge on any atom is -0.444 e. The van der Waals surface area contributed by atoms with Crippen molar-refractivity contribution in [3.63, 3.8) is 0 Å². The molecule has 1 fully saturated rings. The van der Waals surface area contributed by atoms with E-state index in [2.05, 4.69) is 5.32 Å². The standard InChI is InChI=1S/C20H20ClNO4/c21-16-8-9-17(19(23)15-7-4-10-25-13-15)18(11-16)22-20(24)26-12-14-5-2-1-3-6-14/h1-3,5-6,8-9,11,15H,4,7,10,12-13H2,(H,22,24). The van der Waals surface area contributed by atoms with E-state index in [0.717, 1.165) is 18.4 Å². The number of halogens is 1. The molecule has 1 amide bonds. The van der Waals surface area contributed by atoms with Crippen LogP contribution in [-0.2, 0) is 16.1 Å². The van der Waals surface area contributed by atoms with Gasteiger partial charge in [-0.1, -0.05) is 41.9 Å². The van der Waals surface area contributed by atoms with Gasteiger partial charge in [-0.15, -0.1) is 0 Å². The number of hydrogen-bond donors (Lipinski definition) is 1. The molecule has 5 nitrogen and oxygen atoms in total. The molecule has 0 spiro atoms. The summed E-state index contributed by atoms with van der Waals surface area (Å²) in [6, 6.07) is 14.2. The van der Waals surface area contributed by atoms with Crippen LogP contribution in [0.3, 0.4) is 0 Å². The van der Waals surface area contributed by atoms with Gasteiger partial charge in [0.15, 0.2) is 5.78 Å². The first-order chi connectivity index (χ1) is 12.6. The molecule has 3 rings (SSSR count). The highest BCUT2D eigenvalue weighted by Crippen LogP contribution is 2.27. The van der Waals surface area contributed by atoms with E-state index in [1.807, 2.05) is 30.3 Å². The minimum absolute atomic E-state index is 0.0558. The molecule has 0 aliphatic carbocycles. The van der Waals surface area contributed by atoms with Gasteiger partial charge in [0.1, 0.15) is 6.61 Å². The number of hydrogen-bond acceptors (Lipinski definition) is 4. The Hall–Kier alpha value is -2.37. The summed E-state index contributed by atoms with van der Waals surface area (Å²) in [5.41, 5.74) is 1.65. The Morgan fingerprint density at radius 1 is 1.19 bits per heavy atom. The summed E-state index contributed by atoms with van der Waals surface area (Å²) in [5.74, 6) is -0.259. The smallest absolute Gasteiger partial charge is 0.411 e. The molecule has 1 heterocycles. The summed E-state index contributed by atoms with van der Waals surface area (Å²) < 4.78 is 10.6. The van der Waals surface area contributed by atoms with Crippen LogP contribution in [0.1, 0.15) is 28.8 Å². The molecule has 1 N–H and O–H groups in total. The van der Waals surface area contributed by atoms with E-state index in [1.165, 1.54) is 0 Å². The van der Waals surface area contributed by atoms with Crippen molar-refractivity contribution in [3.8, 4) is 0 Å². The second kappa shape index (κ2) is 8.83. The molecule has 1 unspecified atom stereocenters. The van der Waals surface area contributed by atoms with Gasteiger partial charge in [0, 0.05) is 23.1 Å². The van der Waals surface area contributed by atoms with Crippen molar-refractivity contribution in [1.29, 1.82) is 0 Å². The fourth-order valence-corrected chi connectivity index (χ4v) is 3.04. The van der Waals surface area contributed by atoms with Crippen LogP contribution < -0.4 is 5.32 Å². The van der Waals surface area contributed by atoms with Crippen molar-refractivity contribution in [3.05, 3.63) is 64.7 Å². The molecule has 0 saturated carbocycles. The zero-order valence-electron chi connectivity index (χ0n) is 14.2. The van der Waals surface area contributed by atoms with Crippen molar-refractivity contribution >= 4 is 29.2 Å². The number of anilines is 1. The molecule has 1 aliphatic heterocycles. The Morgan fingerprint density at radius 3 is 2.73 bits per heavy atom. The number of benzene rings is 2. The van der Waals surface area contributed by atoms with Crippen LogP contribution in [0, 0.1) is 5.92 Å². The first kappa shape index (κ1) is 18.4. The molecule has 0 bridgehead atoms. The maximum Gasteiger partial charge on any atom is 0.411 e. The van der Waals surface area contributed by atoms with Crippen LogP contribution in [0.2, 0.25) is 5.02 Å². The number of rotatable bonds is 5. The lowest BCUT2D eigenvalue weighted by Crippen LogP contribution is -2.26. The quantitative estimate of drug-likeness (QED) is 0.771. The second-order valence-electron chi connectivity index (χ2n) is 6.15. The lowest BCUT2D eigenvalue weighted by atomic mass is 9.92. The lowest BCUT2D eigenvalue weighted by Gasteiger charge is -2.22. The first-order valence-corrected chi connectivity index (χ1v) is 8.90. The molecule has 26 heavy (non-hydrogen) atoms. The van der Waals surface area contributed by atoms with Crippen LogP contribution in [0.5, 0.6) is 0 Å². The number of nitrogens with one attached hydrogen (secondary N) is 1. The molecule has 1 saturated heterocycles. The van der Waals surface area contributed by atoms with E-state index in [4.69, 9.17) is 21.1 Å². The van der Waals surface area contributed by atoms with Crippen LogP contribution in [0.4, 0.5) is 10.5 Å². The van der Waals surface area contributed by atoms with E-state index >= 15 is 0 Å². The van der Waals surface area contributed by atoms with Crippen molar-refractivity contribution in [1.82, 2.24) is 0 Å². The third-order valence-electron chi connectivity index (χ3n) is 4.23. The van der Waals surface area contributed by atoms with Gasteiger partial charge in [0.2, 0.25) is 0 Å². The maximum absolute atomic E-state index is 12.8. The second-order valence-corrected chi connectivity index (χ2v) is 6.59. The summed E-state index contributed by atoms with van der Waals surface area (Å²) in [7, 11) is 0. The average molecular weight is 374 g/mol. The molecular formula is C20H20ClNO4. The zero-order chi connectivity index (χ0) is 18.4. The third kappa shape index (κ3) is 4.84. The molecule has 2 aromatic rings. The Bertz CT molecular complexity index is 773. The highest BCUT2D eigenvalue weighted by molar-refractivity contribution is 6.31. The Kier molecular flexibility index (Phi) is 6.26. The molecule has 2 aromatic carbocycles. The van der Waals surface area contributed by atoms with E-state index in [-0.39, 0.29) is 18.3 Å². The van der Waals surface area contributed by atoms with E-state index in [9.17, 15) is 9.59 Å². The molecule has 0 aromatic heterocycles. The lowest BCUT2D eigenvalue weighted by molar-refractivity contribution is 0.0462. The monoisotopic (exact) mass is 373 g/mol. The Morgan fingerprint density at radius 2 is 2.00 bits per heavy atom. The zero-order valence-corrected chi connectivity index (χ0v) is 15.0. The van der Waals surface area contributed by atoms with Gasteiger partial charge in [-0.3, -0.25) is 10.1 Å². The molecule has 0 radical (unpaired) electrons. The van der Waals surface area contributed by atoms with Crippen molar-refractivity contribution in [2.75, 3.05) is 18.5 Å². The summed E-state index contributed by atoms with van der Waals surface area (Å²) in [5, 5.41) is 3.06.